The molecule has 2 saturated heterocycles. The van der Waals surface area contributed by atoms with Crippen LogP contribution in [-0.2, 0) is 9.47 Å². The fourth-order valence-corrected chi connectivity index (χ4v) is 3.93. The monoisotopic (exact) mass is 283 g/mol. The van der Waals surface area contributed by atoms with E-state index in [4.69, 9.17) is 20.4 Å². The Kier molecular flexibility index (Phi) is 4.14. The van der Waals surface area contributed by atoms with E-state index in [1.807, 2.05) is 0 Å². The number of rotatable bonds is 2. The number of oxime groups is 1. The van der Waals surface area contributed by atoms with E-state index in [2.05, 4.69) is 10.1 Å². The van der Waals surface area contributed by atoms with Crippen molar-refractivity contribution in [2.45, 2.75) is 56.3 Å². The fraction of sp³-hybridized carbons (Fsp3) is 0.929. The topological polar surface area (TPSA) is 80.3 Å². The molecule has 6 heteroatoms. The molecular weight excluding hydrogens is 258 g/mol. The number of morpholine rings is 1. The third kappa shape index (κ3) is 2.77. The lowest BCUT2D eigenvalue weighted by atomic mass is 9.88. The van der Waals surface area contributed by atoms with Crippen LogP contribution in [0.25, 0.3) is 0 Å². The summed E-state index contributed by atoms with van der Waals surface area (Å²) in [5.41, 5.74) is 5.81. The molecule has 2 heterocycles. The molecule has 3 fully saturated rings. The van der Waals surface area contributed by atoms with Crippen molar-refractivity contribution in [3.05, 3.63) is 0 Å². The van der Waals surface area contributed by atoms with E-state index < -0.39 is 0 Å². The summed E-state index contributed by atoms with van der Waals surface area (Å²) >= 11 is 0. The van der Waals surface area contributed by atoms with E-state index in [0.717, 1.165) is 32.5 Å². The molecule has 2 aliphatic heterocycles. The van der Waals surface area contributed by atoms with E-state index in [-0.39, 0.29) is 17.5 Å². The average molecular weight is 283 g/mol. The number of hydrogen-bond donors (Lipinski definition) is 2. The Hall–Kier alpha value is -0.850. The van der Waals surface area contributed by atoms with Gasteiger partial charge in [0.05, 0.1) is 12.2 Å². The van der Waals surface area contributed by atoms with Gasteiger partial charge in [-0.1, -0.05) is 18.0 Å². The molecule has 0 aromatic rings. The second kappa shape index (κ2) is 5.87. The molecule has 2 atom stereocenters. The van der Waals surface area contributed by atoms with Crippen molar-refractivity contribution in [3.63, 3.8) is 0 Å². The van der Waals surface area contributed by atoms with Crippen LogP contribution in [0.5, 0.6) is 0 Å². The number of nitrogens with two attached hydrogens (primary N) is 1. The summed E-state index contributed by atoms with van der Waals surface area (Å²) in [7, 11) is 0. The Balaban J connectivity index is 1.63. The summed E-state index contributed by atoms with van der Waals surface area (Å²) < 4.78 is 11.7. The molecule has 0 aromatic carbocycles. The third-order valence-corrected chi connectivity index (χ3v) is 5.04. The number of hydrogen-bond acceptors (Lipinski definition) is 5. The van der Waals surface area contributed by atoms with Crippen LogP contribution in [0.2, 0.25) is 0 Å². The van der Waals surface area contributed by atoms with Crippen LogP contribution in [-0.4, -0.2) is 60.0 Å². The van der Waals surface area contributed by atoms with Crippen molar-refractivity contribution >= 4 is 5.84 Å². The van der Waals surface area contributed by atoms with Crippen LogP contribution in [0, 0.1) is 0 Å². The van der Waals surface area contributed by atoms with Gasteiger partial charge in [-0.25, -0.2) is 0 Å². The van der Waals surface area contributed by atoms with Gasteiger partial charge in [0.2, 0.25) is 0 Å². The van der Waals surface area contributed by atoms with Crippen LogP contribution in [0.3, 0.4) is 0 Å². The number of nitrogens with zero attached hydrogens (tertiary/aromatic N) is 2. The predicted molar refractivity (Wildman–Crippen MR) is 74.9 cm³/mol. The fourth-order valence-electron chi connectivity index (χ4n) is 3.93. The number of amidine groups is 1. The quantitative estimate of drug-likeness (QED) is 0.341. The summed E-state index contributed by atoms with van der Waals surface area (Å²) in [5, 5.41) is 11.9. The van der Waals surface area contributed by atoms with Gasteiger partial charge in [0.25, 0.3) is 0 Å². The normalized spacial score (nSPS) is 35.5. The maximum Gasteiger partial charge on any atom is 0.169 e. The Morgan fingerprint density at radius 2 is 2.10 bits per heavy atom. The minimum Gasteiger partial charge on any atom is -0.409 e. The number of ether oxygens (including phenoxy) is 2. The first-order valence-corrected chi connectivity index (χ1v) is 7.69. The zero-order valence-electron chi connectivity index (χ0n) is 12.0. The predicted octanol–water partition coefficient (Wildman–Crippen LogP) is 0.925. The first-order valence-electron chi connectivity index (χ1n) is 7.69. The molecule has 1 aliphatic carbocycles. The van der Waals surface area contributed by atoms with Gasteiger partial charge in [0.15, 0.2) is 5.84 Å². The summed E-state index contributed by atoms with van der Waals surface area (Å²) in [5.74, 6) is 0.178. The highest BCUT2D eigenvalue weighted by Gasteiger charge is 2.42. The van der Waals surface area contributed by atoms with Crippen LogP contribution in [0.15, 0.2) is 5.16 Å². The van der Waals surface area contributed by atoms with Gasteiger partial charge in [-0.3, -0.25) is 4.90 Å². The van der Waals surface area contributed by atoms with Crippen LogP contribution in [0.4, 0.5) is 0 Å². The molecule has 20 heavy (non-hydrogen) atoms. The van der Waals surface area contributed by atoms with Gasteiger partial charge >= 0.3 is 0 Å². The highest BCUT2D eigenvalue weighted by molar-refractivity contribution is 5.84. The Bertz CT molecular complexity index is 369. The summed E-state index contributed by atoms with van der Waals surface area (Å²) in [4.78, 5) is 2.44. The molecule has 6 nitrogen and oxygen atoms in total. The second-order valence-electron chi connectivity index (χ2n) is 6.26. The molecule has 0 bridgehead atoms. The Morgan fingerprint density at radius 1 is 1.30 bits per heavy atom. The zero-order chi connectivity index (χ0) is 14.0. The molecular formula is C14H25N3O3. The molecule has 3 N–H and O–H groups in total. The second-order valence-corrected chi connectivity index (χ2v) is 6.26. The molecule has 1 saturated carbocycles. The molecule has 114 valence electrons. The highest BCUT2D eigenvalue weighted by Crippen LogP contribution is 2.41. The van der Waals surface area contributed by atoms with E-state index in [1.54, 1.807) is 0 Å². The Labute approximate surface area is 119 Å². The lowest BCUT2D eigenvalue weighted by molar-refractivity contribution is -0.115. The molecule has 0 amide bonds. The minimum absolute atomic E-state index is 0.132. The van der Waals surface area contributed by atoms with Crippen molar-refractivity contribution in [3.8, 4) is 0 Å². The van der Waals surface area contributed by atoms with Crippen molar-refractivity contribution in [2.75, 3.05) is 26.3 Å². The molecule has 0 radical (unpaired) electrons. The first-order chi connectivity index (χ1) is 9.72. The van der Waals surface area contributed by atoms with Crippen molar-refractivity contribution in [1.29, 1.82) is 0 Å². The van der Waals surface area contributed by atoms with Gasteiger partial charge in [-0.15, -0.1) is 0 Å². The molecule has 1 spiro atoms. The lowest BCUT2D eigenvalue weighted by Crippen LogP contribution is -2.55. The van der Waals surface area contributed by atoms with E-state index in [1.165, 1.54) is 25.7 Å². The average Bonchev–Trinajstić information content (AvgIpc) is 2.94. The first kappa shape index (κ1) is 14.1. The maximum atomic E-state index is 8.80. The Morgan fingerprint density at radius 3 is 2.85 bits per heavy atom. The van der Waals surface area contributed by atoms with E-state index in [9.17, 15) is 0 Å². The zero-order valence-corrected chi connectivity index (χ0v) is 12.0. The molecule has 2 unspecified atom stereocenters. The molecule has 3 rings (SSSR count). The van der Waals surface area contributed by atoms with Gasteiger partial charge in [0, 0.05) is 25.7 Å². The van der Waals surface area contributed by atoms with Gasteiger partial charge in [-0.05, 0) is 25.7 Å². The minimum atomic E-state index is -0.281. The molecule has 0 aromatic heterocycles. The lowest BCUT2D eigenvalue weighted by Gasteiger charge is -2.45. The van der Waals surface area contributed by atoms with Gasteiger partial charge in [-0.2, -0.15) is 0 Å². The van der Waals surface area contributed by atoms with Crippen molar-refractivity contribution < 1.29 is 14.7 Å². The van der Waals surface area contributed by atoms with Crippen LogP contribution in [0.1, 0.15) is 38.5 Å². The van der Waals surface area contributed by atoms with E-state index in [0.29, 0.717) is 12.6 Å². The largest absolute Gasteiger partial charge is 0.409 e. The van der Waals surface area contributed by atoms with Crippen molar-refractivity contribution in [1.82, 2.24) is 4.90 Å². The summed E-state index contributed by atoms with van der Waals surface area (Å²) in [6.45, 7) is 3.15. The standard InChI is InChI=1S/C14H25N3O3/c15-13(16-18)12-10-17(6-8-19-12)11-3-7-20-14(9-11)4-1-2-5-14/h11-12,18H,1-10H2,(H2,15,16). The van der Waals surface area contributed by atoms with Crippen LogP contribution >= 0.6 is 0 Å². The van der Waals surface area contributed by atoms with Gasteiger partial charge in [0.1, 0.15) is 6.10 Å². The highest BCUT2D eigenvalue weighted by atomic mass is 16.5. The third-order valence-electron chi connectivity index (χ3n) is 5.04. The smallest absolute Gasteiger partial charge is 0.169 e. The van der Waals surface area contributed by atoms with Crippen LogP contribution < -0.4 is 5.73 Å². The SMILES string of the molecule is NC(=NO)C1CN(C2CCOC3(CCCC3)C2)CCO1. The summed E-state index contributed by atoms with van der Waals surface area (Å²) in [6.07, 6.45) is 6.91. The summed E-state index contributed by atoms with van der Waals surface area (Å²) in [6, 6.07) is 0.541. The maximum absolute atomic E-state index is 8.80. The van der Waals surface area contributed by atoms with Gasteiger partial charge < -0.3 is 20.4 Å². The molecule has 3 aliphatic rings. The van der Waals surface area contributed by atoms with E-state index >= 15 is 0 Å². The van der Waals surface area contributed by atoms with Crippen molar-refractivity contribution in [2.24, 2.45) is 10.9 Å².